The highest BCUT2D eigenvalue weighted by atomic mass is 35.5. The molecule has 0 saturated heterocycles. The van der Waals surface area contributed by atoms with Crippen molar-refractivity contribution in [1.29, 1.82) is 5.26 Å². The first-order valence-corrected chi connectivity index (χ1v) is 4.14. The third-order valence-electron chi connectivity index (χ3n) is 1.66. The zero-order valence-corrected chi connectivity index (χ0v) is 7.69. The Morgan fingerprint density at radius 2 is 2.29 bits per heavy atom. The Balaban J connectivity index is 2.52. The van der Waals surface area contributed by atoms with Crippen molar-refractivity contribution in [2.24, 2.45) is 0 Å². The summed E-state index contributed by atoms with van der Waals surface area (Å²) in [5, 5.41) is 8.81. The van der Waals surface area contributed by atoms with Crippen molar-refractivity contribution < 1.29 is 4.42 Å². The fourth-order valence-electron chi connectivity index (χ4n) is 1.03. The summed E-state index contributed by atoms with van der Waals surface area (Å²) in [5.41, 5.74) is 0.904. The molecule has 2 aromatic heterocycles. The molecule has 0 aromatic carbocycles. The van der Waals surface area contributed by atoms with Gasteiger partial charge >= 0.3 is 0 Å². The van der Waals surface area contributed by atoms with Gasteiger partial charge in [-0.25, -0.2) is 9.97 Å². The molecule has 0 N–H and O–H groups in total. The lowest BCUT2D eigenvalue weighted by Crippen LogP contribution is -1.85. The van der Waals surface area contributed by atoms with Gasteiger partial charge in [-0.3, -0.25) is 0 Å². The highest BCUT2D eigenvalue weighted by Crippen LogP contribution is 2.25. The van der Waals surface area contributed by atoms with Gasteiger partial charge in [0.05, 0.1) is 11.8 Å². The molecule has 0 radical (unpaired) electrons. The molecule has 68 valence electrons. The molecule has 0 atom stereocenters. The number of pyridine rings is 1. The second-order valence-corrected chi connectivity index (χ2v) is 2.87. The second-order valence-electron chi connectivity index (χ2n) is 2.51. The van der Waals surface area contributed by atoms with E-state index >= 15 is 0 Å². The SMILES string of the molecule is N#Cc1ccc(-c2cnco2)c(Cl)n1. The van der Waals surface area contributed by atoms with Crippen LogP contribution in [0, 0.1) is 11.3 Å². The van der Waals surface area contributed by atoms with E-state index in [-0.39, 0.29) is 10.8 Å². The minimum atomic E-state index is 0.237. The maximum atomic E-state index is 8.58. The predicted octanol–water partition coefficient (Wildman–Crippen LogP) is 2.26. The molecule has 0 unspecified atom stereocenters. The number of nitrogens with zero attached hydrogens (tertiary/aromatic N) is 3. The first-order chi connectivity index (χ1) is 6.81. The third kappa shape index (κ3) is 1.45. The molecule has 5 heteroatoms. The van der Waals surface area contributed by atoms with E-state index in [9.17, 15) is 0 Å². The van der Waals surface area contributed by atoms with Crippen LogP contribution in [0.3, 0.4) is 0 Å². The molecule has 0 aliphatic rings. The molecular formula is C9H4ClN3O. The van der Waals surface area contributed by atoms with Crippen LogP contribution in [0.2, 0.25) is 5.15 Å². The summed E-state index contributed by atoms with van der Waals surface area (Å²) in [4.78, 5) is 7.63. The van der Waals surface area contributed by atoms with Gasteiger partial charge < -0.3 is 4.42 Å². The van der Waals surface area contributed by atoms with Crippen molar-refractivity contribution in [3.63, 3.8) is 0 Å². The molecule has 0 aliphatic heterocycles. The predicted molar refractivity (Wildman–Crippen MR) is 49.5 cm³/mol. The molecule has 4 nitrogen and oxygen atoms in total. The number of halogens is 1. The topological polar surface area (TPSA) is 62.7 Å². The van der Waals surface area contributed by atoms with E-state index < -0.39 is 0 Å². The lowest BCUT2D eigenvalue weighted by molar-refractivity contribution is 0.572. The highest BCUT2D eigenvalue weighted by Gasteiger charge is 2.08. The largest absolute Gasteiger partial charge is 0.443 e. The summed E-state index contributed by atoms with van der Waals surface area (Å²) >= 11 is 5.85. The standard InChI is InChI=1S/C9H4ClN3O/c10-9-7(8-4-12-5-14-8)2-1-6(3-11)13-9/h1-2,4-5H. The van der Waals surface area contributed by atoms with Crippen molar-refractivity contribution >= 4 is 11.6 Å². The molecular weight excluding hydrogens is 202 g/mol. The fourth-order valence-corrected chi connectivity index (χ4v) is 1.28. The smallest absolute Gasteiger partial charge is 0.181 e. The van der Waals surface area contributed by atoms with E-state index in [1.807, 2.05) is 6.07 Å². The molecule has 2 heterocycles. The Labute approximate surface area is 84.8 Å². The van der Waals surface area contributed by atoms with E-state index in [4.69, 9.17) is 21.3 Å². The molecule has 0 amide bonds. The Bertz CT molecular complexity index is 487. The molecule has 2 rings (SSSR count). The van der Waals surface area contributed by atoms with Gasteiger partial charge in [0.2, 0.25) is 0 Å². The molecule has 14 heavy (non-hydrogen) atoms. The molecule has 0 spiro atoms. The van der Waals surface area contributed by atoms with Gasteiger partial charge in [-0.1, -0.05) is 11.6 Å². The van der Waals surface area contributed by atoms with Crippen molar-refractivity contribution in [2.45, 2.75) is 0 Å². The van der Waals surface area contributed by atoms with Crippen molar-refractivity contribution in [3.8, 4) is 17.4 Å². The second kappa shape index (κ2) is 3.48. The Morgan fingerprint density at radius 3 is 2.86 bits per heavy atom. The van der Waals surface area contributed by atoms with Gasteiger partial charge in [-0.2, -0.15) is 5.26 Å². The lowest BCUT2D eigenvalue weighted by Gasteiger charge is -1.98. The lowest BCUT2D eigenvalue weighted by atomic mass is 10.2. The summed E-state index contributed by atoms with van der Waals surface area (Å²) in [5.74, 6) is 0.534. The number of hydrogen-bond acceptors (Lipinski definition) is 4. The quantitative estimate of drug-likeness (QED) is 0.670. The first kappa shape index (κ1) is 8.73. The molecule has 2 aromatic rings. The number of hydrogen-bond donors (Lipinski definition) is 0. The van der Waals surface area contributed by atoms with E-state index in [0.717, 1.165) is 0 Å². The minimum absolute atomic E-state index is 0.237. The number of rotatable bonds is 1. The van der Waals surface area contributed by atoms with Crippen LogP contribution in [0.4, 0.5) is 0 Å². The summed E-state index contributed by atoms with van der Waals surface area (Å²) < 4.78 is 5.06. The van der Waals surface area contributed by atoms with Gasteiger partial charge in [0, 0.05) is 0 Å². The summed E-state index contributed by atoms with van der Waals surface area (Å²) in [6.07, 6.45) is 2.85. The monoisotopic (exact) mass is 205 g/mol. The Morgan fingerprint density at radius 1 is 1.43 bits per heavy atom. The van der Waals surface area contributed by atoms with Crippen LogP contribution >= 0.6 is 11.6 Å². The maximum Gasteiger partial charge on any atom is 0.181 e. The first-order valence-electron chi connectivity index (χ1n) is 3.77. The molecule has 0 aliphatic carbocycles. The van der Waals surface area contributed by atoms with Crippen molar-refractivity contribution in [2.75, 3.05) is 0 Å². The summed E-state index contributed by atoms with van der Waals surface area (Å²) in [6, 6.07) is 5.15. The summed E-state index contributed by atoms with van der Waals surface area (Å²) in [7, 11) is 0. The molecule has 0 fully saturated rings. The molecule has 0 saturated carbocycles. The Hall–Kier alpha value is -1.86. The average Bonchev–Trinajstić information content (AvgIpc) is 2.70. The number of nitriles is 1. The van der Waals surface area contributed by atoms with Gasteiger partial charge in [0.25, 0.3) is 0 Å². The van der Waals surface area contributed by atoms with Gasteiger partial charge in [0.1, 0.15) is 16.9 Å². The zero-order valence-electron chi connectivity index (χ0n) is 6.94. The number of aromatic nitrogens is 2. The Kier molecular flexibility index (Phi) is 2.17. The maximum absolute atomic E-state index is 8.58. The van der Waals surface area contributed by atoms with Crippen LogP contribution < -0.4 is 0 Å². The molecule has 0 bridgehead atoms. The van der Waals surface area contributed by atoms with Crippen molar-refractivity contribution in [1.82, 2.24) is 9.97 Å². The van der Waals surface area contributed by atoms with Crippen LogP contribution in [-0.4, -0.2) is 9.97 Å². The summed E-state index contributed by atoms with van der Waals surface area (Å²) in [6.45, 7) is 0. The normalized spacial score (nSPS) is 9.71. The van der Waals surface area contributed by atoms with Crippen LogP contribution in [-0.2, 0) is 0 Å². The van der Waals surface area contributed by atoms with Crippen molar-refractivity contribution in [3.05, 3.63) is 35.6 Å². The van der Waals surface area contributed by atoms with Gasteiger partial charge in [-0.05, 0) is 12.1 Å². The number of oxazole rings is 1. The zero-order chi connectivity index (χ0) is 9.97. The van der Waals surface area contributed by atoms with Crippen LogP contribution in [0.15, 0.2) is 29.1 Å². The van der Waals surface area contributed by atoms with Gasteiger partial charge in [-0.15, -0.1) is 0 Å². The minimum Gasteiger partial charge on any atom is -0.443 e. The van der Waals surface area contributed by atoms with Crippen LogP contribution in [0.5, 0.6) is 0 Å². The van der Waals surface area contributed by atoms with Gasteiger partial charge in [0.15, 0.2) is 12.2 Å². The van der Waals surface area contributed by atoms with E-state index in [1.54, 1.807) is 12.1 Å². The van der Waals surface area contributed by atoms with Crippen LogP contribution in [0.1, 0.15) is 5.69 Å². The third-order valence-corrected chi connectivity index (χ3v) is 1.95. The van der Waals surface area contributed by atoms with E-state index in [2.05, 4.69) is 9.97 Å². The highest BCUT2D eigenvalue weighted by molar-refractivity contribution is 6.32. The average molecular weight is 206 g/mol. The van der Waals surface area contributed by atoms with Crippen LogP contribution in [0.25, 0.3) is 11.3 Å². The van der Waals surface area contributed by atoms with E-state index in [1.165, 1.54) is 12.6 Å². The fraction of sp³-hybridized carbons (Fsp3) is 0. The van der Waals surface area contributed by atoms with E-state index in [0.29, 0.717) is 11.3 Å².